The third kappa shape index (κ3) is 4.40. The topological polar surface area (TPSA) is 90.7 Å². The molecule has 0 aromatic heterocycles. The zero-order chi connectivity index (χ0) is 16.8. The number of benzene rings is 2. The Balaban J connectivity index is 2.01. The molecule has 1 N–H and O–H groups in total. The molecule has 0 saturated carbocycles. The predicted molar refractivity (Wildman–Crippen MR) is 80.2 cm³/mol. The minimum Gasteiger partial charge on any atom is -0.496 e. The highest BCUT2D eigenvalue weighted by molar-refractivity contribution is 5.91. The Morgan fingerprint density at radius 1 is 1.26 bits per heavy atom. The average molecular weight is 320 g/mol. The number of anilines is 1. The van der Waals surface area contributed by atoms with Crippen LogP contribution < -0.4 is 14.8 Å². The van der Waals surface area contributed by atoms with Gasteiger partial charge in [-0.2, -0.15) is 0 Å². The lowest BCUT2D eigenvalue weighted by Gasteiger charge is -2.08. The van der Waals surface area contributed by atoms with Crippen LogP contribution in [0.1, 0.15) is 0 Å². The van der Waals surface area contributed by atoms with Crippen LogP contribution in [0, 0.1) is 15.9 Å². The molecule has 2 rings (SSSR count). The number of hydrogen-bond donors (Lipinski definition) is 1. The first-order chi connectivity index (χ1) is 11.0. The molecule has 2 aromatic rings. The van der Waals surface area contributed by atoms with Crippen molar-refractivity contribution >= 4 is 17.3 Å². The van der Waals surface area contributed by atoms with Gasteiger partial charge in [-0.1, -0.05) is 0 Å². The number of carbonyl (C=O) groups is 1. The third-order valence-corrected chi connectivity index (χ3v) is 2.85. The van der Waals surface area contributed by atoms with E-state index in [9.17, 15) is 19.3 Å². The third-order valence-electron chi connectivity index (χ3n) is 2.85. The van der Waals surface area contributed by atoms with Gasteiger partial charge in [-0.15, -0.1) is 0 Å². The molecule has 8 heteroatoms. The van der Waals surface area contributed by atoms with Gasteiger partial charge in [0.25, 0.3) is 5.91 Å². The maximum absolute atomic E-state index is 12.8. The Hall–Kier alpha value is -3.16. The summed E-state index contributed by atoms with van der Waals surface area (Å²) in [5.41, 5.74) is 0.0863. The van der Waals surface area contributed by atoms with Gasteiger partial charge >= 0.3 is 5.69 Å². The minimum atomic E-state index is -0.629. The molecule has 0 unspecified atom stereocenters. The Morgan fingerprint density at radius 2 is 1.96 bits per heavy atom. The molecule has 0 radical (unpaired) electrons. The number of halogens is 1. The summed E-state index contributed by atoms with van der Waals surface area (Å²) in [5, 5.41) is 13.5. The van der Waals surface area contributed by atoms with Gasteiger partial charge in [0.1, 0.15) is 11.6 Å². The summed E-state index contributed by atoms with van der Waals surface area (Å²) in [7, 11) is 1.38. The fourth-order valence-electron chi connectivity index (χ4n) is 1.76. The van der Waals surface area contributed by atoms with E-state index in [2.05, 4.69) is 5.32 Å². The molecule has 0 heterocycles. The Bertz CT molecular complexity index is 718. The summed E-state index contributed by atoms with van der Waals surface area (Å²) in [6.45, 7) is -0.426. The summed E-state index contributed by atoms with van der Waals surface area (Å²) < 4.78 is 22.8. The molecule has 0 atom stereocenters. The maximum atomic E-state index is 12.8. The molecule has 0 aliphatic rings. The van der Waals surface area contributed by atoms with Crippen LogP contribution in [0.4, 0.5) is 15.8 Å². The number of nitro groups is 1. The lowest BCUT2D eigenvalue weighted by Crippen LogP contribution is -2.20. The van der Waals surface area contributed by atoms with Gasteiger partial charge in [0.15, 0.2) is 12.4 Å². The molecule has 0 spiro atoms. The lowest BCUT2D eigenvalue weighted by molar-refractivity contribution is -0.385. The smallest absolute Gasteiger partial charge is 0.314 e. The zero-order valence-electron chi connectivity index (χ0n) is 12.1. The van der Waals surface area contributed by atoms with Crippen molar-refractivity contribution in [3.63, 3.8) is 0 Å². The van der Waals surface area contributed by atoms with E-state index < -0.39 is 23.3 Å². The largest absolute Gasteiger partial charge is 0.496 e. The van der Waals surface area contributed by atoms with Crippen LogP contribution in [0.2, 0.25) is 0 Å². The summed E-state index contributed by atoms with van der Waals surface area (Å²) in [4.78, 5) is 22.1. The molecule has 1 amide bonds. The molecule has 0 aliphatic heterocycles. The van der Waals surface area contributed by atoms with Crippen molar-refractivity contribution in [3.05, 3.63) is 58.4 Å². The summed E-state index contributed by atoms with van der Waals surface area (Å²) in [5.74, 6) is -0.695. The second-order valence-corrected chi connectivity index (χ2v) is 4.43. The molecule has 120 valence electrons. The molecule has 0 saturated heterocycles. The van der Waals surface area contributed by atoms with Gasteiger partial charge in [-0.05, 0) is 36.4 Å². The van der Waals surface area contributed by atoms with Crippen molar-refractivity contribution in [3.8, 4) is 11.5 Å². The van der Waals surface area contributed by atoms with E-state index in [1.54, 1.807) is 0 Å². The number of methoxy groups -OCH3 is 1. The van der Waals surface area contributed by atoms with E-state index in [4.69, 9.17) is 9.47 Å². The first-order valence-corrected chi connectivity index (χ1v) is 6.50. The SMILES string of the molecule is COc1ccc(OCC(=O)Nc2ccc(F)cc2)c([N+](=O)[O-])c1. The molecule has 7 nitrogen and oxygen atoms in total. The highest BCUT2D eigenvalue weighted by Crippen LogP contribution is 2.30. The van der Waals surface area contributed by atoms with Crippen LogP contribution >= 0.6 is 0 Å². The second-order valence-electron chi connectivity index (χ2n) is 4.43. The minimum absolute atomic E-state index is 0.0509. The van der Waals surface area contributed by atoms with Crippen molar-refractivity contribution in [1.29, 1.82) is 0 Å². The molecule has 0 aliphatic carbocycles. The van der Waals surface area contributed by atoms with Crippen LogP contribution in [-0.2, 0) is 4.79 Å². The van der Waals surface area contributed by atoms with Crippen molar-refractivity contribution in [1.82, 2.24) is 0 Å². The Morgan fingerprint density at radius 3 is 2.57 bits per heavy atom. The molecular formula is C15H13FN2O5. The first-order valence-electron chi connectivity index (χ1n) is 6.50. The number of carbonyl (C=O) groups excluding carboxylic acids is 1. The van der Waals surface area contributed by atoms with Crippen LogP contribution in [0.3, 0.4) is 0 Å². The lowest BCUT2D eigenvalue weighted by atomic mass is 10.3. The highest BCUT2D eigenvalue weighted by atomic mass is 19.1. The monoisotopic (exact) mass is 320 g/mol. The summed E-state index contributed by atoms with van der Waals surface area (Å²) in [6.07, 6.45) is 0. The number of nitro benzene ring substituents is 1. The first kappa shape index (κ1) is 16.2. The van der Waals surface area contributed by atoms with Crippen LogP contribution in [0.5, 0.6) is 11.5 Å². The van der Waals surface area contributed by atoms with Gasteiger partial charge in [-0.25, -0.2) is 4.39 Å². The van der Waals surface area contributed by atoms with Crippen molar-refractivity contribution in [2.45, 2.75) is 0 Å². The summed E-state index contributed by atoms with van der Waals surface area (Å²) in [6, 6.07) is 9.22. The van der Waals surface area contributed by atoms with E-state index in [1.165, 1.54) is 49.6 Å². The van der Waals surface area contributed by atoms with Crippen LogP contribution in [-0.4, -0.2) is 24.5 Å². The highest BCUT2D eigenvalue weighted by Gasteiger charge is 2.17. The van der Waals surface area contributed by atoms with Gasteiger partial charge in [0.05, 0.1) is 18.1 Å². The number of hydrogen-bond acceptors (Lipinski definition) is 5. The zero-order valence-corrected chi connectivity index (χ0v) is 12.1. The normalized spacial score (nSPS) is 10.0. The quantitative estimate of drug-likeness (QED) is 0.653. The van der Waals surface area contributed by atoms with E-state index in [0.29, 0.717) is 11.4 Å². The van der Waals surface area contributed by atoms with Crippen LogP contribution in [0.15, 0.2) is 42.5 Å². The Labute approximate surface area is 130 Å². The fraction of sp³-hybridized carbons (Fsp3) is 0.133. The molecule has 2 aromatic carbocycles. The second kappa shape index (κ2) is 7.21. The van der Waals surface area contributed by atoms with E-state index in [-0.39, 0.29) is 11.4 Å². The van der Waals surface area contributed by atoms with Crippen LogP contribution in [0.25, 0.3) is 0 Å². The van der Waals surface area contributed by atoms with Gasteiger partial charge < -0.3 is 14.8 Å². The number of nitrogens with zero attached hydrogens (tertiary/aromatic N) is 1. The summed E-state index contributed by atoms with van der Waals surface area (Å²) >= 11 is 0. The molecule has 23 heavy (non-hydrogen) atoms. The number of ether oxygens (including phenoxy) is 2. The predicted octanol–water partition coefficient (Wildman–Crippen LogP) is 2.76. The van der Waals surface area contributed by atoms with Gasteiger partial charge in [0.2, 0.25) is 0 Å². The number of amides is 1. The maximum Gasteiger partial charge on any atom is 0.314 e. The van der Waals surface area contributed by atoms with E-state index in [0.717, 1.165) is 0 Å². The van der Waals surface area contributed by atoms with Crippen molar-refractivity contribution < 1.29 is 23.6 Å². The number of rotatable bonds is 6. The van der Waals surface area contributed by atoms with Gasteiger partial charge in [0, 0.05) is 5.69 Å². The molecular weight excluding hydrogens is 307 g/mol. The fourth-order valence-corrected chi connectivity index (χ4v) is 1.76. The Kier molecular flexibility index (Phi) is 5.08. The average Bonchev–Trinajstić information content (AvgIpc) is 2.54. The van der Waals surface area contributed by atoms with Gasteiger partial charge in [-0.3, -0.25) is 14.9 Å². The molecule has 0 bridgehead atoms. The van der Waals surface area contributed by atoms with E-state index >= 15 is 0 Å². The molecule has 0 fully saturated rings. The standard InChI is InChI=1S/C15H13FN2O5/c1-22-12-6-7-14(13(8-12)18(20)21)23-9-15(19)17-11-4-2-10(16)3-5-11/h2-8H,9H2,1H3,(H,17,19). The van der Waals surface area contributed by atoms with E-state index in [1.807, 2.05) is 0 Å². The van der Waals surface area contributed by atoms with Crippen molar-refractivity contribution in [2.75, 3.05) is 19.0 Å². The number of nitrogens with one attached hydrogen (secondary N) is 1. The van der Waals surface area contributed by atoms with Crippen molar-refractivity contribution in [2.24, 2.45) is 0 Å².